The van der Waals surface area contributed by atoms with Crippen LogP contribution in [0.25, 0.3) is 5.57 Å². The summed E-state index contributed by atoms with van der Waals surface area (Å²) in [5, 5.41) is 2.52. The van der Waals surface area contributed by atoms with Gasteiger partial charge in [0.05, 0.1) is 30.3 Å². The lowest BCUT2D eigenvalue weighted by atomic mass is 9.84. The fourth-order valence-corrected chi connectivity index (χ4v) is 10.9. The van der Waals surface area contributed by atoms with Gasteiger partial charge in [0.2, 0.25) is 15.4 Å². The molecule has 0 amide bonds. The lowest BCUT2D eigenvalue weighted by Gasteiger charge is -2.35. The molecule has 10 heteroatoms. The molecule has 56 heavy (non-hydrogen) atoms. The van der Waals surface area contributed by atoms with Crippen molar-refractivity contribution >= 4 is 33.9 Å². The lowest BCUT2D eigenvalue weighted by molar-refractivity contribution is 0.0484. The molecule has 8 rings (SSSR count). The average molecular weight is 803 g/mol. The molecule has 3 aromatic carbocycles. The van der Waals surface area contributed by atoms with E-state index in [1.54, 1.807) is 12.1 Å². The summed E-state index contributed by atoms with van der Waals surface area (Å²) in [6, 6.07) is 10.2. The van der Waals surface area contributed by atoms with Crippen LogP contribution in [0.5, 0.6) is 11.5 Å². The highest BCUT2D eigenvalue weighted by atomic mass is 32.2. The van der Waals surface area contributed by atoms with Crippen LogP contribution in [0.15, 0.2) is 40.1 Å². The van der Waals surface area contributed by atoms with Crippen molar-refractivity contribution in [2.75, 3.05) is 64.1 Å². The van der Waals surface area contributed by atoms with Crippen LogP contribution in [0.1, 0.15) is 125 Å². The van der Waals surface area contributed by atoms with Crippen LogP contribution in [0, 0.1) is 0 Å². The van der Waals surface area contributed by atoms with E-state index in [4.69, 9.17) is 26.8 Å². The van der Waals surface area contributed by atoms with Gasteiger partial charge in [-0.25, -0.2) is 17.7 Å². The number of hydrogen-bond acceptors (Lipinski definition) is 7. The zero-order chi connectivity index (χ0) is 39.1. The summed E-state index contributed by atoms with van der Waals surface area (Å²) in [5.74, 6) is 1.99. The van der Waals surface area contributed by atoms with Crippen LogP contribution in [0.4, 0.5) is 5.69 Å². The number of ether oxygens (including phenoxy) is 3. The van der Waals surface area contributed by atoms with Gasteiger partial charge in [0.15, 0.2) is 0 Å². The van der Waals surface area contributed by atoms with Gasteiger partial charge >= 0.3 is 0 Å². The van der Waals surface area contributed by atoms with Crippen LogP contribution in [0.2, 0.25) is 0 Å². The lowest BCUT2D eigenvalue weighted by Crippen LogP contribution is -2.41. The summed E-state index contributed by atoms with van der Waals surface area (Å²) >= 11 is 5.05. The van der Waals surface area contributed by atoms with E-state index in [1.165, 1.54) is 84.7 Å². The van der Waals surface area contributed by atoms with Crippen LogP contribution >= 0.6 is 12.6 Å². The number of rotatable bonds is 15. The fourth-order valence-electron chi connectivity index (χ4n) is 9.47. The van der Waals surface area contributed by atoms with E-state index in [1.807, 2.05) is 19.9 Å². The fraction of sp³-hybridized carbons (Fsp3) is 0.587. The normalized spacial score (nSPS) is 17.0. The topological polar surface area (TPSA) is 80.1 Å². The van der Waals surface area contributed by atoms with E-state index < -0.39 is 10.0 Å². The van der Waals surface area contributed by atoms with Crippen LogP contribution in [-0.2, 0) is 45.2 Å². The smallest absolute Gasteiger partial charge is 0.240 e. The third kappa shape index (κ3) is 8.75. The minimum atomic E-state index is -3.77. The van der Waals surface area contributed by atoms with Crippen molar-refractivity contribution in [1.29, 1.82) is 0 Å². The molecule has 8 nitrogen and oxygen atoms in total. The zero-order valence-electron chi connectivity index (χ0n) is 34.1. The van der Waals surface area contributed by atoms with Gasteiger partial charge in [-0.15, -0.1) is 12.6 Å². The Morgan fingerprint density at radius 2 is 1.52 bits per heavy atom. The second-order valence-corrected chi connectivity index (χ2v) is 18.0. The van der Waals surface area contributed by atoms with Crippen molar-refractivity contribution in [3.05, 3.63) is 74.3 Å². The van der Waals surface area contributed by atoms with Crippen molar-refractivity contribution in [3.63, 3.8) is 0 Å². The van der Waals surface area contributed by atoms with Crippen LogP contribution in [0.3, 0.4) is 0 Å². The maximum Gasteiger partial charge on any atom is 0.240 e. The molecule has 0 saturated heterocycles. The average Bonchev–Trinajstić information content (AvgIpc) is 3.56. The first-order valence-electron chi connectivity index (χ1n) is 21.9. The molecule has 0 aromatic heterocycles. The van der Waals surface area contributed by atoms with Crippen molar-refractivity contribution in [2.45, 2.75) is 127 Å². The zero-order valence-corrected chi connectivity index (χ0v) is 35.9. The number of sulfonamides is 1. The molecule has 3 aromatic rings. The molecule has 0 saturated carbocycles. The molecule has 0 spiro atoms. The first-order chi connectivity index (χ1) is 27.4. The Hall–Kier alpha value is -2.89. The van der Waals surface area contributed by atoms with Gasteiger partial charge in [-0.3, -0.25) is 0 Å². The molecule has 0 bridgehead atoms. The van der Waals surface area contributed by atoms with Crippen LogP contribution in [-0.4, -0.2) is 67.6 Å². The van der Waals surface area contributed by atoms with Crippen molar-refractivity contribution < 1.29 is 22.6 Å². The second kappa shape index (κ2) is 19.2. The summed E-state index contributed by atoms with van der Waals surface area (Å²) in [5.41, 5.74) is 10.1. The van der Waals surface area contributed by atoms with Gasteiger partial charge < -0.3 is 19.1 Å². The number of anilines is 1. The number of hydrogen-bond donors (Lipinski definition) is 2. The van der Waals surface area contributed by atoms with Crippen molar-refractivity contribution in [1.82, 2.24) is 9.30 Å². The van der Waals surface area contributed by atoms with Crippen LogP contribution < -0.4 is 29.5 Å². The highest BCUT2D eigenvalue weighted by Gasteiger charge is 2.35. The molecule has 5 aliphatic rings. The Balaban J connectivity index is 0.00000237. The quantitative estimate of drug-likeness (QED) is 0.0737. The molecule has 0 unspecified atom stereocenters. The van der Waals surface area contributed by atoms with E-state index in [2.05, 4.69) is 33.3 Å². The third-order valence-electron chi connectivity index (χ3n) is 12.0. The van der Waals surface area contributed by atoms with Gasteiger partial charge in [-0.05, 0) is 93.2 Å². The first kappa shape index (κ1) is 41.3. The van der Waals surface area contributed by atoms with Crippen molar-refractivity contribution in [2.24, 2.45) is 0 Å². The Bertz CT molecular complexity index is 2120. The van der Waals surface area contributed by atoms with E-state index in [9.17, 15) is 8.42 Å². The number of unbranched alkanes of at least 4 members (excludes halogenated alkanes) is 4. The molecule has 0 fully saturated rings. The maximum absolute atomic E-state index is 13.5. The summed E-state index contributed by atoms with van der Waals surface area (Å²) in [4.78, 5) is 3.45. The molecule has 0 atom stereocenters. The molecule has 0 aliphatic carbocycles. The SMILES string of the molecule is CC.CCCCCCCOCCOCCNS(=O)(=O)c1ccc(C2=c3cc4c5c(c3Oc3c2cc2c6c3CCCN6CCCC2)CCC[N+]=5CCCC4)c(S)c1. The Morgan fingerprint density at radius 3 is 2.36 bits per heavy atom. The number of nitrogens with zero attached hydrogens (tertiary/aromatic N) is 2. The standard InChI is InChI=1S/C44H57N3O5S2.C2H6/c1-2-3-4-5-10-24-50-26-27-51-25-19-45-54(48,49)33-17-18-34(39(53)30-33)40-37-28-31-13-6-8-20-46-22-11-15-35(41(31)46)43(37)52-44-36-16-12-23-47-21-9-7-14-32(42(36)47)29-38(40)44;1-2/h17-18,28-30,45H,2-16,19-27H2,1H3;1-2H3/p+1. The number of thiol groups is 1. The highest BCUT2D eigenvalue weighted by molar-refractivity contribution is 7.89. The molecule has 0 radical (unpaired) electrons. The summed E-state index contributed by atoms with van der Waals surface area (Å²) < 4.78 is 51.0. The summed E-state index contributed by atoms with van der Waals surface area (Å²) in [7, 11) is -3.77. The third-order valence-corrected chi connectivity index (χ3v) is 13.9. The van der Waals surface area contributed by atoms with Gasteiger partial charge in [0, 0.05) is 77.1 Å². The van der Waals surface area contributed by atoms with Gasteiger partial charge in [-0.2, -0.15) is 0 Å². The molecule has 304 valence electrons. The van der Waals surface area contributed by atoms with Crippen molar-refractivity contribution in [3.8, 4) is 11.5 Å². The first-order valence-corrected chi connectivity index (χ1v) is 23.8. The number of benzene rings is 3. The van der Waals surface area contributed by atoms with Gasteiger partial charge in [0.25, 0.3) is 0 Å². The largest absolute Gasteiger partial charge is 0.455 e. The Labute approximate surface area is 341 Å². The summed E-state index contributed by atoms with van der Waals surface area (Å²) in [6.07, 6.45) is 17.2. The predicted molar refractivity (Wildman–Crippen MR) is 230 cm³/mol. The number of fused-ring (bicyclic) bond motifs is 4. The monoisotopic (exact) mass is 802 g/mol. The van der Waals surface area contributed by atoms with E-state index in [-0.39, 0.29) is 18.0 Å². The van der Waals surface area contributed by atoms with E-state index >= 15 is 0 Å². The molecule has 1 N–H and O–H groups in total. The van der Waals surface area contributed by atoms with E-state index in [0.29, 0.717) is 18.1 Å². The highest BCUT2D eigenvalue weighted by Crippen LogP contribution is 2.48. The van der Waals surface area contributed by atoms with Gasteiger partial charge in [-0.1, -0.05) is 52.5 Å². The maximum atomic E-state index is 13.5. The minimum Gasteiger partial charge on any atom is -0.455 e. The molecule has 5 heterocycles. The molecular weight excluding hydrogens is 739 g/mol. The summed E-state index contributed by atoms with van der Waals surface area (Å²) in [6.45, 7) is 12.8. The van der Waals surface area contributed by atoms with Gasteiger partial charge in [0.1, 0.15) is 24.6 Å². The second-order valence-electron chi connectivity index (χ2n) is 15.8. The molecule has 5 aliphatic heterocycles. The number of aryl methyl sites for hydroxylation is 2. The van der Waals surface area contributed by atoms with E-state index in [0.717, 1.165) is 111 Å². The Morgan fingerprint density at radius 1 is 0.768 bits per heavy atom. The molecular formula is C46H64N3O5S2+. The number of nitrogens with one attached hydrogen (secondary N) is 1. The predicted octanol–water partition coefficient (Wildman–Crippen LogP) is 7.50. The minimum absolute atomic E-state index is 0.189. The Kier molecular flexibility index (Phi) is 14.2.